The van der Waals surface area contributed by atoms with Crippen molar-refractivity contribution in [3.63, 3.8) is 0 Å². The Morgan fingerprint density at radius 1 is 1.59 bits per heavy atom. The van der Waals surface area contributed by atoms with Gasteiger partial charge in [-0.15, -0.1) is 0 Å². The van der Waals surface area contributed by atoms with Gasteiger partial charge in [0.2, 0.25) is 0 Å². The van der Waals surface area contributed by atoms with Gasteiger partial charge in [-0.25, -0.2) is 9.59 Å². The summed E-state index contributed by atoms with van der Waals surface area (Å²) < 4.78 is 5.59. The molecule has 17 heavy (non-hydrogen) atoms. The minimum Gasteiger partial charge on any atom is -0.479 e. The molecule has 0 aliphatic carbocycles. The van der Waals surface area contributed by atoms with E-state index >= 15 is 0 Å². The molecule has 1 heterocycles. The zero-order chi connectivity index (χ0) is 12.6. The maximum absolute atomic E-state index is 11.6. The molecule has 1 fully saturated rings. The number of carboxylic acid groups (broad SMARTS) is 1. The number of amides is 1. The first kappa shape index (κ1) is 11.9. The predicted octanol–water partition coefficient (Wildman–Crippen LogP) is 2.25. The van der Waals surface area contributed by atoms with Crippen molar-refractivity contribution in [2.24, 2.45) is 0 Å². The van der Waals surface area contributed by atoms with E-state index in [-0.39, 0.29) is 6.61 Å². The van der Waals surface area contributed by atoms with Gasteiger partial charge >= 0.3 is 12.1 Å². The van der Waals surface area contributed by atoms with Crippen LogP contribution in [-0.4, -0.2) is 29.3 Å². The summed E-state index contributed by atoms with van der Waals surface area (Å²) in [6, 6.07) is 6.86. The lowest BCUT2D eigenvalue weighted by atomic mass is 10.0. The second kappa shape index (κ2) is 4.03. The third kappa shape index (κ3) is 1.88. The number of nitrogens with zero attached hydrogens (tertiary/aromatic N) is 1. The summed E-state index contributed by atoms with van der Waals surface area (Å²) in [6.07, 6.45) is -0.645. The van der Waals surface area contributed by atoms with E-state index in [0.717, 1.165) is 9.37 Å². The molecule has 90 valence electrons. The zero-order valence-electron chi connectivity index (χ0n) is 9.01. The van der Waals surface area contributed by atoms with Gasteiger partial charge in [0.15, 0.2) is 5.54 Å². The second-order valence-corrected chi connectivity index (χ2v) is 4.86. The minimum absolute atomic E-state index is 0.159. The standard InChI is InChI=1S/C11H10BrNO4/c1-11(9(14)15)6-17-10(16)13(11)8-4-2-3-7(12)5-8/h2-5H,6H2,1H3,(H,14,15). The lowest BCUT2D eigenvalue weighted by Gasteiger charge is -2.27. The van der Waals surface area contributed by atoms with Crippen LogP contribution in [0.4, 0.5) is 10.5 Å². The SMILES string of the molecule is CC1(C(=O)O)COC(=O)N1c1cccc(Br)c1. The van der Waals surface area contributed by atoms with Crippen molar-refractivity contribution >= 4 is 33.7 Å². The van der Waals surface area contributed by atoms with Crippen molar-refractivity contribution in [1.82, 2.24) is 0 Å². The molecule has 0 aromatic heterocycles. The Kier molecular flexibility index (Phi) is 2.82. The smallest absolute Gasteiger partial charge is 0.415 e. The van der Waals surface area contributed by atoms with E-state index in [4.69, 9.17) is 4.74 Å². The number of cyclic esters (lactones) is 1. The lowest BCUT2D eigenvalue weighted by molar-refractivity contribution is -0.142. The van der Waals surface area contributed by atoms with Gasteiger partial charge in [0.1, 0.15) is 6.61 Å². The first-order chi connectivity index (χ1) is 7.95. The highest BCUT2D eigenvalue weighted by atomic mass is 79.9. The maximum Gasteiger partial charge on any atom is 0.415 e. The van der Waals surface area contributed by atoms with Crippen LogP contribution in [0.1, 0.15) is 6.92 Å². The number of carbonyl (C=O) groups excluding carboxylic acids is 1. The van der Waals surface area contributed by atoms with Gasteiger partial charge in [-0.2, -0.15) is 0 Å². The average Bonchev–Trinajstić information content (AvgIpc) is 2.56. The molecule has 0 saturated carbocycles. The van der Waals surface area contributed by atoms with Gasteiger partial charge < -0.3 is 9.84 Å². The first-order valence-corrected chi connectivity index (χ1v) is 5.70. The van der Waals surface area contributed by atoms with Crippen molar-refractivity contribution in [1.29, 1.82) is 0 Å². The van der Waals surface area contributed by atoms with Crippen LogP contribution in [0.25, 0.3) is 0 Å². The molecule has 5 nitrogen and oxygen atoms in total. The largest absolute Gasteiger partial charge is 0.479 e. The summed E-state index contributed by atoms with van der Waals surface area (Å²) in [5, 5.41) is 9.21. The second-order valence-electron chi connectivity index (χ2n) is 3.95. The molecular weight excluding hydrogens is 290 g/mol. The van der Waals surface area contributed by atoms with Crippen molar-refractivity contribution in [3.05, 3.63) is 28.7 Å². The summed E-state index contributed by atoms with van der Waals surface area (Å²) in [4.78, 5) is 24.0. The van der Waals surface area contributed by atoms with Crippen LogP contribution in [-0.2, 0) is 9.53 Å². The Labute approximate surface area is 106 Å². The van der Waals surface area contributed by atoms with Crippen LogP contribution < -0.4 is 4.90 Å². The van der Waals surface area contributed by atoms with Crippen LogP contribution in [0.15, 0.2) is 28.7 Å². The van der Waals surface area contributed by atoms with Crippen molar-refractivity contribution in [3.8, 4) is 0 Å². The summed E-state index contributed by atoms with van der Waals surface area (Å²) >= 11 is 3.28. The van der Waals surface area contributed by atoms with E-state index in [9.17, 15) is 14.7 Å². The molecule has 0 bridgehead atoms. The average molecular weight is 300 g/mol. The van der Waals surface area contributed by atoms with Gasteiger partial charge in [-0.05, 0) is 25.1 Å². The number of ether oxygens (including phenoxy) is 1. The molecular formula is C11H10BrNO4. The molecule has 1 amide bonds. The quantitative estimate of drug-likeness (QED) is 0.909. The first-order valence-electron chi connectivity index (χ1n) is 4.91. The normalized spacial score (nSPS) is 23.6. The zero-order valence-corrected chi connectivity index (χ0v) is 10.6. The summed E-state index contributed by atoms with van der Waals surface area (Å²) in [5.74, 6) is -1.09. The maximum atomic E-state index is 11.6. The molecule has 1 unspecified atom stereocenters. The number of halogens is 1. The van der Waals surface area contributed by atoms with Gasteiger partial charge in [0, 0.05) is 10.2 Å². The van der Waals surface area contributed by atoms with E-state index in [1.54, 1.807) is 24.3 Å². The topological polar surface area (TPSA) is 66.8 Å². The van der Waals surface area contributed by atoms with Gasteiger partial charge in [-0.3, -0.25) is 4.90 Å². The fourth-order valence-corrected chi connectivity index (χ4v) is 2.08. The van der Waals surface area contributed by atoms with Gasteiger partial charge in [0.25, 0.3) is 0 Å². The minimum atomic E-state index is -1.36. The van der Waals surface area contributed by atoms with E-state index in [1.165, 1.54) is 6.92 Å². The summed E-state index contributed by atoms with van der Waals surface area (Å²) in [7, 11) is 0. The highest BCUT2D eigenvalue weighted by Gasteiger charge is 2.50. The lowest BCUT2D eigenvalue weighted by Crippen LogP contribution is -2.51. The summed E-state index contributed by atoms with van der Waals surface area (Å²) in [5.41, 5.74) is -0.871. The number of benzene rings is 1. The molecule has 1 N–H and O–H groups in total. The van der Waals surface area contributed by atoms with E-state index in [2.05, 4.69) is 15.9 Å². The number of carboxylic acids is 1. The Bertz CT molecular complexity index is 490. The van der Waals surface area contributed by atoms with Crippen LogP contribution in [0.3, 0.4) is 0 Å². The number of anilines is 1. The number of carbonyl (C=O) groups is 2. The van der Waals surface area contributed by atoms with Crippen molar-refractivity contribution < 1.29 is 19.4 Å². The Hall–Kier alpha value is -1.56. The fraction of sp³-hybridized carbons (Fsp3) is 0.273. The number of aliphatic carboxylic acids is 1. The molecule has 0 spiro atoms. The summed E-state index contributed by atoms with van der Waals surface area (Å²) in [6.45, 7) is 1.30. The van der Waals surface area contributed by atoms with E-state index < -0.39 is 17.6 Å². The molecule has 2 rings (SSSR count). The highest BCUT2D eigenvalue weighted by Crippen LogP contribution is 2.32. The van der Waals surface area contributed by atoms with Crippen molar-refractivity contribution in [2.45, 2.75) is 12.5 Å². The predicted molar refractivity (Wildman–Crippen MR) is 64.0 cm³/mol. The Morgan fingerprint density at radius 2 is 2.29 bits per heavy atom. The van der Waals surface area contributed by atoms with Crippen LogP contribution in [0.5, 0.6) is 0 Å². The van der Waals surface area contributed by atoms with Crippen LogP contribution in [0, 0.1) is 0 Å². The molecule has 1 aliphatic heterocycles. The number of rotatable bonds is 2. The Morgan fingerprint density at radius 3 is 2.88 bits per heavy atom. The molecule has 1 aromatic rings. The van der Waals surface area contributed by atoms with Crippen LogP contribution in [0.2, 0.25) is 0 Å². The molecule has 0 radical (unpaired) electrons. The molecule has 1 saturated heterocycles. The fourth-order valence-electron chi connectivity index (χ4n) is 1.70. The molecule has 6 heteroatoms. The molecule has 1 atom stereocenters. The monoisotopic (exact) mass is 299 g/mol. The van der Waals surface area contributed by atoms with Crippen molar-refractivity contribution in [2.75, 3.05) is 11.5 Å². The third-order valence-corrected chi connectivity index (χ3v) is 3.17. The highest BCUT2D eigenvalue weighted by molar-refractivity contribution is 9.10. The molecule has 1 aliphatic rings. The number of hydrogen-bond acceptors (Lipinski definition) is 3. The van der Waals surface area contributed by atoms with Crippen LogP contribution >= 0.6 is 15.9 Å². The molecule has 1 aromatic carbocycles. The number of hydrogen-bond donors (Lipinski definition) is 1. The van der Waals surface area contributed by atoms with Gasteiger partial charge in [0.05, 0.1) is 0 Å². The van der Waals surface area contributed by atoms with E-state index in [1.807, 2.05) is 0 Å². The van der Waals surface area contributed by atoms with Gasteiger partial charge in [-0.1, -0.05) is 22.0 Å². The third-order valence-electron chi connectivity index (χ3n) is 2.68. The Balaban J connectivity index is 2.48. The van der Waals surface area contributed by atoms with E-state index in [0.29, 0.717) is 5.69 Å².